The first kappa shape index (κ1) is 30.3. The number of primary amides is 1. The molecule has 0 saturated carbocycles. The number of amides is 4. The van der Waals surface area contributed by atoms with Gasteiger partial charge in [0, 0.05) is 18.4 Å². The summed E-state index contributed by atoms with van der Waals surface area (Å²) in [6.45, 7) is 2.45. The van der Waals surface area contributed by atoms with E-state index >= 15 is 0 Å². The molecule has 4 amide bonds. The monoisotopic (exact) mass is 553 g/mol. The summed E-state index contributed by atoms with van der Waals surface area (Å²) in [6, 6.07) is 14.7. The van der Waals surface area contributed by atoms with Crippen molar-refractivity contribution < 1.29 is 24.2 Å². The zero-order chi connectivity index (χ0) is 28.7. The number of rotatable bonds is 15. The first-order valence-electron chi connectivity index (χ1n) is 13.4. The largest absolute Gasteiger partial charge is 0.445 e. The van der Waals surface area contributed by atoms with Crippen molar-refractivity contribution in [1.82, 2.24) is 26.6 Å². The van der Waals surface area contributed by atoms with Gasteiger partial charge in [-0.15, -0.1) is 5.53 Å². The summed E-state index contributed by atoms with van der Waals surface area (Å²) in [6.07, 6.45) is 4.59. The lowest BCUT2D eigenvalue weighted by atomic mass is 10.1. The molecular weight excluding hydrogens is 514 g/mol. The Labute approximate surface area is 234 Å². The lowest BCUT2D eigenvalue weighted by Gasteiger charge is -2.26. The number of ether oxygens (including phenoxy) is 1. The molecule has 0 fully saturated rings. The molecule has 0 aromatic heterocycles. The fraction of sp³-hybridized carbons (Fsp3) is 0.393. The molecule has 2 atom stereocenters. The van der Waals surface area contributed by atoms with E-state index in [0.29, 0.717) is 37.2 Å². The minimum Gasteiger partial charge on any atom is -0.445 e. The molecule has 40 heavy (non-hydrogen) atoms. The number of hydrogen-bond donors (Lipinski definition) is 7. The van der Waals surface area contributed by atoms with Crippen molar-refractivity contribution in [2.75, 3.05) is 11.9 Å². The fourth-order valence-electron chi connectivity index (χ4n) is 4.13. The van der Waals surface area contributed by atoms with Crippen LogP contribution in [-0.2, 0) is 22.7 Å². The molecule has 0 unspecified atom stereocenters. The van der Waals surface area contributed by atoms with Gasteiger partial charge in [0.1, 0.15) is 12.6 Å². The van der Waals surface area contributed by atoms with Crippen LogP contribution in [0.1, 0.15) is 50.2 Å². The van der Waals surface area contributed by atoms with E-state index in [0.717, 1.165) is 24.0 Å². The number of aliphatic hydroxyl groups is 1. The molecule has 3 rings (SSSR count). The molecule has 216 valence electrons. The molecule has 12 nitrogen and oxygen atoms in total. The Morgan fingerprint density at radius 2 is 1.77 bits per heavy atom. The van der Waals surface area contributed by atoms with Gasteiger partial charge in [-0.25, -0.2) is 9.59 Å². The van der Waals surface area contributed by atoms with Crippen LogP contribution in [0.25, 0.3) is 0 Å². The van der Waals surface area contributed by atoms with Crippen LogP contribution >= 0.6 is 0 Å². The molecule has 1 heterocycles. The van der Waals surface area contributed by atoms with Crippen molar-refractivity contribution in [2.45, 2.75) is 64.3 Å². The summed E-state index contributed by atoms with van der Waals surface area (Å²) in [5.41, 5.74) is 14.2. The molecule has 1 aliphatic heterocycles. The average molecular weight is 554 g/mol. The Morgan fingerprint density at radius 3 is 2.45 bits per heavy atom. The first-order valence-corrected chi connectivity index (χ1v) is 13.4. The van der Waals surface area contributed by atoms with Crippen molar-refractivity contribution >= 4 is 23.7 Å². The number of nitrogens with zero attached hydrogens (tertiary/aromatic N) is 1. The van der Waals surface area contributed by atoms with Crippen LogP contribution in [-0.4, -0.2) is 46.8 Å². The molecule has 0 radical (unpaired) electrons. The second-order valence-corrected chi connectivity index (χ2v) is 9.42. The topological polar surface area (TPSA) is 170 Å². The summed E-state index contributed by atoms with van der Waals surface area (Å²) in [5, 5.41) is 19.3. The van der Waals surface area contributed by atoms with Gasteiger partial charge in [-0.2, -0.15) is 0 Å². The van der Waals surface area contributed by atoms with Crippen molar-refractivity contribution in [3.8, 4) is 0 Å². The molecule has 2 aromatic rings. The standard InChI is InChI=1S/C28H39N7O5/c1-2-3-10-23(32-28(39)40-19-21-8-5-4-6-9-21)24-17-35(34-33-24)25(11-7-16-30-27(29)38)26(37)31-22-14-12-20(18-36)13-15-22/h4-6,8-9,12-15,17,23,25,33-34,36H,2-3,7,10-11,16,18-19H2,1H3,(H,31,37)(H,32,39)(H3,29,30,38)/t23-,25-/m0/s1. The lowest BCUT2D eigenvalue weighted by molar-refractivity contribution is -0.121. The van der Waals surface area contributed by atoms with Gasteiger partial charge < -0.3 is 37.0 Å². The number of hydrogen-bond acceptors (Lipinski definition) is 8. The van der Waals surface area contributed by atoms with Crippen LogP contribution in [0, 0.1) is 0 Å². The highest BCUT2D eigenvalue weighted by atomic mass is 16.5. The van der Waals surface area contributed by atoms with Crippen molar-refractivity contribution in [3.63, 3.8) is 0 Å². The zero-order valence-electron chi connectivity index (χ0n) is 22.7. The summed E-state index contributed by atoms with van der Waals surface area (Å²) in [7, 11) is 0. The van der Waals surface area contributed by atoms with E-state index in [2.05, 4.69) is 33.8 Å². The predicted molar refractivity (Wildman–Crippen MR) is 151 cm³/mol. The molecule has 12 heteroatoms. The van der Waals surface area contributed by atoms with Gasteiger partial charge in [0.2, 0.25) is 5.91 Å². The quantitative estimate of drug-likeness (QED) is 0.165. The molecule has 0 saturated heterocycles. The highest BCUT2D eigenvalue weighted by molar-refractivity contribution is 5.94. The number of carbonyl (C=O) groups excluding carboxylic acids is 3. The van der Waals surface area contributed by atoms with Crippen molar-refractivity contribution in [2.24, 2.45) is 5.73 Å². The van der Waals surface area contributed by atoms with E-state index in [9.17, 15) is 19.5 Å². The summed E-state index contributed by atoms with van der Waals surface area (Å²) < 4.78 is 5.41. The van der Waals surface area contributed by atoms with E-state index in [1.54, 1.807) is 35.5 Å². The summed E-state index contributed by atoms with van der Waals surface area (Å²) >= 11 is 0. The number of alkyl carbamates (subject to hydrolysis) is 1. The van der Waals surface area contributed by atoms with E-state index in [-0.39, 0.29) is 25.2 Å². The number of aliphatic hydroxyl groups excluding tert-OH is 1. The van der Waals surface area contributed by atoms with Crippen LogP contribution in [0.5, 0.6) is 0 Å². The maximum Gasteiger partial charge on any atom is 0.408 e. The van der Waals surface area contributed by atoms with Crippen molar-refractivity contribution in [3.05, 3.63) is 77.6 Å². The number of carbonyl (C=O) groups is 3. The van der Waals surface area contributed by atoms with Gasteiger partial charge in [0.05, 0.1) is 18.3 Å². The molecular formula is C28H39N7O5. The van der Waals surface area contributed by atoms with Crippen LogP contribution in [0.3, 0.4) is 0 Å². The minimum atomic E-state index is -0.658. The predicted octanol–water partition coefficient (Wildman–Crippen LogP) is 2.59. The SMILES string of the molecule is CCCC[C@H](NC(=O)OCc1ccccc1)C1=CN([C@@H](CCCNC(N)=O)C(=O)Nc2ccc(CO)cc2)NN1. The third kappa shape index (κ3) is 9.79. The number of hydrazine groups is 2. The Bertz CT molecular complexity index is 1130. The highest BCUT2D eigenvalue weighted by Gasteiger charge is 2.30. The van der Waals surface area contributed by atoms with Crippen LogP contribution in [0.4, 0.5) is 15.3 Å². The van der Waals surface area contributed by atoms with E-state index < -0.39 is 18.2 Å². The number of urea groups is 1. The minimum absolute atomic E-state index is 0.0896. The normalized spacial score (nSPS) is 13.9. The summed E-state index contributed by atoms with van der Waals surface area (Å²) in [4.78, 5) is 37.0. The smallest absolute Gasteiger partial charge is 0.408 e. The molecule has 2 aromatic carbocycles. The second kappa shape index (κ2) is 16.0. The fourth-order valence-corrected chi connectivity index (χ4v) is 4.13. The van der Waals surface area contributed by atoms with Gasteiger partial charge in [0.15, 0.2) is 0 Å². The Balaban J connectivity index is 1.69. The second-order valence-electron chi connectivity index (χ2n) is 9.42. The Morgan fingerprint density at radius 1 is 1.02 bits per heavy atom. The maximum atomic E-state index is 13.3. The van der Waals surface area contributed by atoms with Gasteiger partial charge in [-0.3, -0.25) is 9.80 Å². The van der Waals surface area contributed by atoms with E-state index in [4.69, 9.17) is 10.5 Å². The first-order chi connectivity index (χ1) is 19.4. The highest BCUT2D eigenvalue weighted by Crippen LogP contribution is 2.18. The van der Waals surface area contributed by atoms with E-state index in [1.807, 2.05) is 30.3 Å². The lowest BCUT2D eigenvalue weighted by Crippen LogP contribution is -2.49. The average Bonchev–Trinajstić information content (AvgIpc) is 3.44. The summed E-state index contributed by atoms with van der Waals surface area (Å²) in [5.74, 6) is -0.275. The molecule has 1 aliphatic rings. The Kier molecular flexibility index (Phi) is 12.1. The molecule has 0 aliphatic carbocycles. The zero-order valence-corrected chi connectivity index (χ0v) is 22.7. The Hall–Kier alpha value is -4.29. The van der Waals surface area contributed by atoms with Crippen LogP contribution < -0.4 is 32.6 Å². The van der Waals surface area contributed by atoms with Gasteiger partial charge >= 0.3 is 12.1 Å². The number of nitrogens with one attached hydrogen (secondary N) is 5. The number of benzene rings is 2. The molecule has 0 bridgehead atoms. The maximum absolute atomic E-state index is 13.3. The van der Waals surface area contributed by atoms with Gasteiger partial charge in [-0.05, 0) is 42.5 Å². The van der Waals surface area contributed by atoms with Crippen molar-refractivity contribution in [1.29, 1.82) is 0 Å². The number of unbranched alkanes of at least 4 members (excludes halogenated alkanes) is 1. The third-order valence-electron chi connectivity index (χ3n) is 6.33. The number of anilines is 1. The van der Waals surface area contributed by atoms with Crippen LogP contribution in [0.15, 0.2) is 66.5 Å². The molecule has 8 N–H and O–H groups in total. The van der Waals surface area contributed by atoms with Gasteiger partial charge in [0.25, 0.3) is 0 Å². The third-order valence-corrected chi connectivity index (χ3v) is 6.33. The van der Waals surface area contributed by atoms with E-state index in [1.165, 1.54) is 0 Å². The molecule has 0 spiro atoms. The van der Waals surface area contributed by atoms with Crippen LogP contribution in [0.2, 0.25) is 0 Å². The number of nitrogens with two attached hydrogens (primary N) is 1. The van der Waals surface area contributed by atoms with Gasteiger partial charge in [-0.1, -0.05) is 62.2 Å².